The lowest BCUT2D eigenvalue weighted by Gasteiger charge is -2.28. The minimum Gasteiger partial charge on any atom is -0.459 e. The molecule has 1 saturated heterocycles. The van der Waals surface area contributed by atoms with Crippen LogP contribution >= 0.6 is 0 Å². The first kappa shape index (κ1) is 14.8. The molecule has 0 unspecified atom stereocenters. The van der Waals surface area contributed by atoms with Gasteiger partial charge in [0.15, 0.2) is 23.3 Å². The molecule has 0 amide bonds. The second-order valence-electron chi connectivity index (χ2n) is 4.76. The SMILES string of the molecule is CN1CCC(OC(=O)c2cc(F)c(F)c(F)c2F)CC1. The number of hydrogen-bond donors (Lipinski definition) is 0. The molecule has 0 aromatic heterocycles. The number of carbonyl (C=O) groups excluding carboxylic acids is 1. The van der Waals surface area contributed by atoms with Crippen LogP contribution in [-0.4, -0.2) is 37.1 Å². The number of ether oxygens (including phenoxy) is 1. The maximum absolute atomic E-state index is 13.4. The molecule has 0 spiro atoms. The Hall–Kier alpha value is -1.63. The van der Waals surface area contributed by atoms with Crippen LogP contribution in [0.2, 0.25) is 0 Å². The summed E-state index contributed by atoms with van der Waals surface area (Å²) in [6.45, 7) is 1.40. The molecule has 1 aliphatic rings. The molecule has 0 N–H and O–H groups in total. The lowest BCUT2D eigenvalue weighted by molar-refractivity contribution is 0.0133. The highest BCUT2D eigenvalue weighted by Crippen LogP contribution is 2.21. The van der Waals surface area contributed by atoms with E-state index in [4.69, 9.17) is 4.74 Å². The Bertz CT molecular complexity index is 528. The maximum Gasteiger partial charge on any atom is 0.341 e. The summed E-state index contributed by atoms with van der Waals surface area (Å²) >= 11 is 0. The molecule has 1 heterocycles. The van der Waals surface area contributed by atoms with Gasteiger partial charge in [0, 0.05) is 13.1 Å². The standard InChI is InChI=1S/C13H13F4NO2/c1-18-4-2-7(3-5-18)20-13(19)8-6-9(14)11(16)12(17)10(8)15/h6-7H,2-5H2,1H3. The van der Waals surface area contributed by atoms with Gasteiger partial charge in [0.2, 0.25) is 0 Å². The molecule has 110 valence electrons. The number of piperidine rings is 1. The zero-order chi connectivity index (χ0) is 14.9. The molecule has 1 aromatic carbocycles. The van der Waals surface area contributed by atoms with Crippen LogP contribution in [0.25, 0.3) is 0 Å². The van der Waals surface area contributed by atoms with Crippen molar-refractivity contribution in [3.8, 4) is 0 Å². The first-order valence-corrected chi connectivity index (χ1v) is 6.12. The van der Waals surface area contributed by atoms with Gasteiger partial charge in [-0.2, -0.15) is 0 Å². The van der Waals surface area contributed by atoms with E-state index in [1.807, 2.05) is 11.9 Å². The summed E-state index contributed by atoms with van der Waals surface area (Å²) in [5, 5.41) is 0. The predicted octanol–water partition coefficient (Wildman–Crippen LogP) is 2.49. The Morgan fingerprint density at radius 3 is 2.35 bits per heavy atom. The van der Waals surface area contributed by atoms with Gasteiger partial charge < -0.3 is 9.64 Å². The number of likely N-dealkylation sites (tertiary alicyclic amines) is 1. The van der Waals surface area contributed by atoms with Crippen LogP contribution in [0.4, 0.5) is 17.6 Å². The predicted molar refractivity (Wildman–Crippen MR) is 62.2 cm³/mol. The summed E-state index contributed by atoms with van der Waals surface area (Å²) in [5.41, 5.74) is -0.930. The van der Waals surface area contributed by atoms with Crippen molar-refractivity contribution in [1.29, 1.82) is 0 Å². The quantitative estimate of drug-likeness (QED) is 0.363. The smallest absolute Gasteiger partial charge is 0.341 e. The molecule has 0 aliphatic carbocycles. The molecule has 0 bridgehead atoms. The Balaban J connectivity index is 2.14. The third-order valence-corrected chi connectivity index (χ3v) is 3.26. The van der Waals surface area contributed by atoms with Crippen LogP contribution in [0.3, 0.4) is 0 Å². The molecule has 7 heteroatoms. The highest BCUT2D eigenvalue weighted by molar-refractivity contribution is 5.89. The summed E-state index contributed by atoms with van der Waals surface area (Å²) in [6.07, 6.45) is 0.667. The van der Waals surface area contributed by atoms with Crippen LogP contribution in [0.1, 0.15) is 23.2 Å². The van der Waals surface area contributed by atoms with Gasteiger partial charge in [0.25, 0.3) is 0 Å². The van der Waals surface area contributed by atoms with Crippen LogP contribution < -0.4 is 0 Å². The van der Waals surface area contributed by atoms with Crippen LogP contribution in [0.15, 0.2) is 6.07 Å². The highest BCUT2D eigenvalue weighted by Gasteiger charge is 2.27. The molecule has 1 aromatic rings. The second kappa shape index (κ2) is 5.78. The zero-order valence-corrected chi connectivity index (χ0v) is 10.8. The van der Waals surface area contributed by atoms with Gasteiger partial charge in [-0.05, 0) is 26.0 Å². The second-order valence-corrected chi connectivity index (χ2v) is 4.76. The summed E-state index contributed by atoms with van der Waals surface area (Å²) in [7, 11) is 1.91. The summed E-state index contributed by atoms with van der Waals surface area (Å²) in [5.74, 6) is -8.51. The molecule has 3 nitrogen and oxygen atoms in total. The first-order valence-electron chi connectivity index (χ1n) is 6.12. The minimum atomic E-state index is -2.01. The highest BCUT2D eigenvalue weighted by atomic mass is 19.2. The van der Waals surface area contributed by atoms with Crippen molar-refractivity contribution in [2.75, 3.05) is 20.1 Å². The fourth-order valence-electron chi connectivity index (χ4n) is 2.04. The molecular formula is C13H13F4NO2. The van der Waals surface area contributed by atoms with Crippen molar-refractivity contribution >= 4 is 5.97 Å². The van der Waals surface area contributed by atoms with E-state index in [2.05, 4.69) is 0 Å². The van der Waals surface area contributed by atoms with E-state index in [0.717, 1.165) is 0 Å². The van der Waals surface area contributed by atoms with E-state index >= 15 is 0 Å². The van der Waals surface area contributed by atoms with Crippen molar-refractivity contribution in [2.24, 2.45) is 0 Å². The fraction of sp³-hybridized carbons (Fsp3) is 0.462. The summed E-state index contributed by atoms with van der Waals surface area (Å²) in [4.78, 5) is 13.7. The Morgan fingerprint density at radius 1 is 1.15 bits per heavy atom. The molecule has 0 radical (unpaired) electrons. The fourth-order valence-corrected chi connectivity index (χ4v) is 2.04. The third-order valence-electron chi connectivity index (χ3n) is 3.26. The summed E-state index contributed by atoms with van der Waals surface area (Å²) < 4.78 is 57.3. The average molecular weight is 291 g/mol. The van der Waals surface area contributed by atoms with Gasteiger partial charge in [-0.25, -0.2) is 22.4 Å². The van der Waals surface area contributed by atoms with Crippen LogP contribution in [0, 0.1) is 23.3 Å². The van der Waals surface area contributed by atoms with E-state index in [-0.39, 0.29) is 0 Å². The molecule has 2 rings (SSSR count). The van der Waals surface area contributed by atoms with Gasteiger partial charge >= 0.3 is 5.97 Å². The normalized spacial score (nSPS) is 17.2. The van der Waals surface area contributed by atoms with E-state index in [9.17, 15) is 22.4 Å². The Labute approximate surface area is 113 Å². The summed E-state index contributed by atoms with van der Waals surface area (Å²) in [6, 6.07) is 0.311. The maximum atomic E-state index is 13.4. The van der Waals surface area contributed by atoms with E-state index in [1.54, 1.807) is 0 Å². The van der Waals surface area contributed by atoms with Gasteiger partial charge in [-0.1, -0.05) is 0 Å². The third kappa shape index (κ3) is 2.92. The zero-order valence-electron chi connectivity index (χ0n) is 10.8. The van der Waals surface area contributed by atoms with Crippen molar-refractivity contribution in [3.63, 3.8) is 0 Å². The number of hydrogen-bond acceptors (Lipinski definition) is 3. The van der Waals surface area contributed by atoms with E-state index < -0.39 is 40.9 Å². The lowest BCUT2D eigenvalue weighted by Crippen LogP contribution is -2.35. The Morgan fingerprint density at radius 2 is 1.75 bits per heavy atom. The van der Waals surface area contributed by atoms with E-state index in [1.165, 1.54) is 0 Å². The van der Waals surface area contributed by atoms with Gasteiger partial charge in [-0.3, -0.25) is 0 Å². The van der Waals surface area contributed by atoms with Gasteiger partial charge in [0.05, 0.1) is 0 Å². The Kier molecular flexibility index (Phi) is 4.27. The number of esters is 1. The van der Waals surface area contributed by atoms with Gasteiger partial charge in [-0.15, -0.1) is 0 Å². The minimum absolute atomic E-state index is 0.311. The topological polar surface area (TPSA) is 29.5 Å². The lowest BCUT2D eigenvalue weighted by atomic mass is 10.1. The van der Waals surface area contributed by atoms with Crippen molar-refractivity contribution < 1.29 is 27.1 Å². The molecule has 20 heavy (non-hydrogen) atoms. The first-order chi connectivity index (χ1) is 9.40. The number of nitrogens with zero attached hydrogens (tertiary/aromatic N) is 1. The monoisotopic (exact) mass is 291 g/mol. The molecular weight excluding hydrogens is 278 g/mol. The molecule has 1 fully saturated rings. The van der Waals surface area contributed by atoms with E-state index in [0.29, 0.717) is 32.0 Å². The van der Waals surface area contributed by atoms with Crippen molar-refractivity contribution in [1.82, 2.24) is 4.90 Å². The number of halogens is 4. The van der Waals surface area contributed by atoms with Crippen molar-refractivity contribution in [2.45, 2.75) is 18.9 Å². The van der Waals surface area contributed by atoms with Crippen LogP contribution in [-0.2, 0) is 4.74 Å². The molecule has 1 aliphatic heterocycles. The average Bonchev–Trinajstić information content (AvgIpc) is 2.43. The number of rotatable bonds is 2. The molecule has 0 atom stereocenters. The van der Waals surface area contributed by atoms with Crippen molar-refractivity contribution in [3.05, 3.63) is 34.9 Å². The molecule has 0 saturated carbocycles. The number of carbonyl (C=O) groups is 1. The number of benzene rings is 1. The van der Waals surface area contributed by atoms with Gasteiger partial charge in [0.1, 0.15) is 11.7 Å². The van der Waals surface area contributed by atoms with Crippen LogP contribution in [0.5, 0.6) is 0 Å². The largest absolute Gasteiger partial charge is 0.459 e.